The normalized spacial score (nSPS) is 18.3. The van der Waals surface area contributed by atoms with Gasteiger partial charge in [-0.05, 0) is 54.2 Å². The van der Waals surface area contributed by atoms with E-state index in [-0.39, 0.29) is 11.7 Å². The summed E-state index contributed by atoms with van der Waals surface area (Å²) in [5.74, 6) is 2.45. The van der Waals surface area contributed by atoms with Crippen LogP contribution in [0.25, 0.3) is 0 Å². The molecule has 1 fully saturated rings. The molecule has 1 aromatic rings. The quantitative estimate of drug-likeness (QED) is 0.308. The molecule has 27 heavy (non-hydrogen) atoms. The Morgan fingerprint density at radius 1 is 1.04 bits per heavy atom. The smallest absolute Gasteiger partial charge is 0.200 e. The van der Waals surface area contributed by atoms with Crippen LogP contribution >= 0.6 is 0 Å². The fourth-order valence-electron chi connectivity index (χ4n) is 3.96. The lowest BCUT2D eigenvalue weighted by Crippen LogP contribution is -2.27. The lowest BCUT2D eigenvalue weighted by atomic mass is 9.86. The summed E-state index contributed by atoms with van der Waals surface area (Å²) in [6.45, 7) is 12.1. The van der Waals surface area contributed by atoms with E-state index in [0.717, 1.165) is 37.5 Å². The molecule has 2 rings (SSSR count). The summed E-state index contributed by atoms with van der Waals surface area (Å²) in [6, 6.07) is 8.59. The third-order valence-corrected chi connectivity index (χ3v) is 5.89. The minimum absolute atomic E-state index is 0.161. The van der Waals surface area contributed by atoms with Crippen molar-refractivity contribution in [3.05, 3.63) is 29.8 Å². The van der Waals surface area contributed by atoms with Gasteiger partial charge in [0.25, 0.3) is 0 Å². The number of hydrogen-bond donors (Lipinski definition) is 0. The second-order valence-corrected chi connectivity index (χ2v) is 9.71. The van der Waals surface area contributed by atoms with Crippen molar-refractivity contribution in [1.82, 2.24) is 0 Å². The minimum Gasteiger partial charge on any atom is -0.465 e. The van der Waals surface area contributed by atoms with Crippen LogP contribution in [-0.4, -0.2) is 12.9 Å². The molecule has 2 atom stereocenters. The van der Waals surface area contributed by atoms with Crippen LogP contribution < -0.4 is 4.74 Å². The summed E-state index contributed by atoms with van der Waals surface area (Å²) in [6.07, 6.45) is 11.5. The molecular weight excluding hydrogens is 332 g/mol. The van der Waals surface area contributed by atoms with Crippen molar-refractivity contribution in [3.63, 3.8) is 0 Å². The van der Waals surface area contributed by atoms with Crippen LogP contribution in [0.3, 0.4) is 0 Å². The predicted molar refractivity (Wildman–Crippen MR) is 115 cm³/mol. The van der Waals surface area contributed by atoms with E-state index >= 15 is 0 Å². The number of ether oxygens (including phenoxy) is 2. The first kappa shape index (κ1) is 22.3. The van der Waals surface area contributed by atoms with Crippen molar-refractivity contribution in [2.75, 3.05) is 6.61 Å². The summed E-state index contributed by atoms with van der Waals surface area (Å²) in [7, 11) is 0. The van der Waals surface area contributed by atoms with E-state index in [1.165, 1.54) is 44.1 Å². The van der Waals surface area contributed by atoms with Gasteiger partial charge in [-0.3, -0.25) is 0 Å². The van der Waals surface area contributed by atoms with Gasteiger partial charge in [-0.2, -0.15) is 0 Å². The van der Waals surface area contributed by atoms with Crippen molar-refractivity contribution in [3.8, 4) is 5.75 Å². The Bertz CT molecular complexity index is 508. The monoisotopic (exact) mass is 374 g/mol. The van der Waals surface area contributed by atoms with Crippen molar-refractivity contribution < 1.29 is 9.47 Å². The fourth-order valence-corrected chi connectivity index (χ4v) is 3.96. The topological polar surface area (TPSA) is 18.5 Å². The summed E-state index contributed by atoms with van der Waals surface area (Å²) in [5, 5.41) is 0. The first-order chi connectivity index (χ1) is 12.9. The fraction of sp³-hybridized carbons (Fsp3) is 0.760. The van der Waals surface area contributed by atoms with Crippen molar-refractivity contribution in [1.29, 1.82) is 0 Å². The predicted octanol–water partition coefficient (Wildman–Crippen LogP) is 7.72. The maximum absolute atomic E-state index is 6.23. The number of hydrogen-bond acceptors (Lipinski definition) is 2. The number of benzene rings is 1. The van der Waals surface area contributed by atoms with E-state index in [9.17, 15) is 0 Å². The molecule has 0 spiro atoms. The molecule has 2 nitrogen and oxygen atoms in total. The zero-order valence-electron chi connectivity index (χ0n) is 18.4. The Labute approximate surface area is 168 Å². The molecule has 0 N–H and O–H groups in total. The van der Waals surface area contributed by atoms with Gasteiger partial charge in [-0.1, -0.05) is 78.9 Å². The van der Waals surface area contributed by atoms with E-state index in [4.69, 9.17) is 9.47 Å². The Morgan fingerprint density at radius 2 is 1.70 bits per heavy atom. The average molecular weight is 375 g/mol. The largest absolute Gasteiger partial charge is 0.465 e. The molecule has 0 saturated heterocycles. The molecule has 0 aromatic heterocycles. The SMILES string of the molecule is CCC(C)c1ccc(OC(CC(C)(C)C)OCCCC2CCCCC2)cc1. The maximum Gasteiger partial charge on any atom is 0.200 e. The molecule has 0 radical (unpaired) electrons. The second kappa shape index (κ2) is 11.1. The molecule has 0 bridgehead atoms. The van der Waals surface area contributed by atoms with Gasteiger partial charge in [0.1, 0.15) is 5.75 Å². The summed E-state index contributed by atoms with van der Waals surface area (Å²) in [4.78, 5) is 0. The molecule has 1 aromatic carbocycles. The average Bonchev–Trinajstić information content (AvgIpc) is 2.64. The van der Waals surface area contributed by atoms with Crippen LogP contribution in [0, 0.1) is 11.3 Å². The number of rotatable bonds is 10. The summed E-state index contributed by atoms with van der Waals surface area (Å²) >= 11 is 0. The van der Waals surface area contributed by atoms with Gasteiger partial charge in [0, 0.05) is 6.42 Å². The van der Waals surface area contributed by atoms with Gasteiger partial charge >= 0.3 is 0 Å². The van der Waals surface area contributed by atoms with Gasteiger partial charge in [-0.25, -0.2) is 0 Å². The molecule has 2 heteroatoms. The first-order valence-corrected chi connectivity index (χ1v) is 11.3. The molecule has 1 saturated carbocycles. The Kier molecular flexibility index (Phi) is 9.15. The zero-order valence-corrected chi connectivity index (χ0v) is 18.4. The molecule has 1 aliphatic rings. The van der Waals surface area contributed by atoms with Crippen LogP contribution in [0.5, 0.6) is 5.75 Å². The minimum atomic E-state index is -0.161. The molecular formula is C25H42O2. The second-order valence-electron chi connectivity index (χ2n) is 9.71. The highest BCUT2D eigenvalue weighted by atomic mass is 16.7. The lowest BCUT2D eigenvalue weighted by molar-refractivity contribution is -0.101. The Morgan fingerprint density at radius 3 is 2.30 bits per heavy atom. The van der Waals surface area contributed by atoms with Gasteiger partial charge in [-0.15, -0.1) is 0 Å². The van der Waals surface area contributed by atoms with Crippen LogP contribution in [0.2, 0.25) is 0 Å². The van der Waals surface area contributed by atoms with Gasteiger partial charge < -0.3 is 9.47 Å². The van der Waals surface area contributed by atoms with E-state index in [1.54, 1.807) is 0 Å². The Hall–Kier alpha value is -1.02. The molecule has 1 aliphatic carbocycles. The standard InChI is InChI=1S/C25H42O2/c1-6-20(2)22-14-16-23(17-15-22)27-24(19-25(3,4)5)26-18-10-13-21-11-8-7-9-12-21/h14-17,20-21,24H,6-13,18-19H2,1-5H3. The van der Waals surface area contributed by atoms with Crippen LogP contribution in [0.4, 0.5) is 0 Å². The molecule has 2 unspecified atom stereocenters. The zero-order chi connectivity index (χ0) is 19.7. The lowest BCUT2D eigenvalue weighted by Gasteiger charge is -2.27. The third-order valence-electron chi connectivity index (χ3n) is 5.89. The van der Waals surface area contributed by atoms with Crippen LogP contribution in [0.15, 0.2) is 24.3 Å². The van der Waals surface area contributed by atoms with Crippen molar-refractivity contribution in [2.24, 2.45) is 11.3 Å². The van der Waals surface area contributed by atoms with E-state index in [2.05, 4.69) is 58.9 Å². The van der Waals surface area contributed by atoms with Gasteiger partial charge in [0.2, 0.25) is 0 Å². The summed E-state index contributed by atoms with van der Waals surface area (Å²) < 4.78 is 12.4. The molecule has 0 aliphatic heterocycles. The van der Waals surface area contributed by atoms with E-state index in [0.29, 0.717) is 5.92 Å². The van der Waals surface area contributed by atoms with Crippen LogP contribution in [0.1, 0.15) is 104 Å². The molecule has 0 heterocycles. The maximum atomic E-state index is 6.23. The third kappa shape index (κ3) is 8.68. The first-order valence-electron chi connectivity index (χ1n) is 11.3. The van der Waals surface area contributed by atoms with Crippen molar-refractivity contribution in [2.45, 2.75) is 105 Å². The Balaban J connectivity index is 1.83. The van der Waals surface area contributed by atoms with E-state index in [1.807, 2.05) is 0 Å². The highest BCUT2D eigenvalue weighted by Gasteiger charge is 2.21. The highest BCUT2D eigenvalue weighted by Crippen LogP contribution is 2.29. The molecule has 0 amide bonds. The van der Waals surface area contributed by atoms with Gasteiger partial charge in [0.15, 0.2) is 6.29 Å². The van der Waals surface area contributed by atoms with Gasteiger partial charge in [0.05, 0.1) is 6.61 Å². The summed E-state index contributed by atoms with van der Waals surface area (Å²) in [5.41, 5.74) is 1.57. The van der Waals surface area contributed by atoms with E-state index < -0.39 is 0 Å². The molecule has 154 valence electrons. The van der Waals surface area contributed by atoms with Crippen molar-refractivity contribution >= 4 is 0 Å². The highest BCUT2D eigenvalue weighted by molar-refractivity contribution is 5.29. The van der Waals surface area contributed by atoms with Crippen LogP contribution in [-0.2, 0) is 4.74 Å².